The van der Waals surface area contributed by atoms with Crippen LogP contribution in [-0.2, 0) is 9.31 Å². The van der Waals surface area contributed by atoms with Gasteiger partial charge in [0.15, 0.2) is 5.82 Å². The van der Waals surface area contributed by atoms with E-state index in [2.05, 4.69) is 4.98 Å². The van der Waals surface area contributed by atoms with E-state index in [1.165, 1.54) is 6.20 Å². The predicted octanol–water partition coefficient (Wildman–Crippen LogP) is 1.92. The van der Waals surface area contributed by atoms with Crippen molar-refractivity contribution in [2.45, 2.75) is 45.8 Å². The van der Waals surface area contributed by atoms with Crippen molar-refractivity contribution in [3.63, 3.8) is 0 Å². The minimum Gasteiger partial charge on any atom is -0.476 e. The third-order valence-electron chi connectivity index (χ3n) is 3.68. The lowest BCUT2D eigenvalue weighted by Gasteiger charge is -2.32. The molecule has 0 N–H and O–H groups in total. The highest BCUT2D eigenvalue weighted by Crippen LogP contribution is 2.36. The van der Waals surface area contributed by atoms with Gasteiger partial charge in [0, 0.05) is 11.7 Å². The molecule has 0 spiro atoms. The molecule has 0 atom stereocenters. The Kier molecular flexibility index (Phi) is 3.58. The van der Waals surface area contributed by atoms with Crippen LogP contribution >= 0.6 is 0 Å². The first kappa shape index (κ1) is 14.3. The van der Waals surface area contributed by atoms with E-state index in [-0.39, 0.29) is 5.88 Å². The highest BCUT2D eigenvalue weighted by Gasteiger charge is 2.52. The Morgan fingerprint density at radius 3 is 2.37 bits per heavy atom. The lowest BCUT2D eigenvalue weighted by Crippen LogP contribution is -2.41. The molecule has 0 aromatic carbocycles. The van der Waals surface area contributed by atoms with Gasteiger partial charge in [-0.05, 0) is 40.7 Å². The molecule has 1 saturated heterocycles. The van der Waals surface area contributed by atoms with Crippen LogP contribution in [0.5, 0.6) is 5.88 Å². The Bertz CT molecular complexity index is 463. The van der Waals surface area contributed by atoms with Crippen LogP contribution in [0, 0.1) is 5.82 Å². The number of hydrogen-bond acceptors (Lipinski definition) is 4. The smallest absolute Gasteiger partial charge is 0.476 e. The van der Waals surface area contributed by atoms with Crippen molar-refractivity contribution >= 4 is 12.6 Å². The fourth-order valence-electron chi connectivity index (χ4n) is 1.83. The average Bonchev–Trinajstić information content (AvgIpc) is 2.51. The van der Waals surface area contributed by atoms with Crippen LogP contribution < -0.4 is 10.2 Å². The number of halogens is 1. The number of rotatable bonds is 3. The van der Waals surface area contributed by atoms with Gasteiger partial charge in [-0.2, -0.15) is 0 Å². The zero-order valence-electron chi connectivity index (χ0n) is 12.0. The van der Waals surface area contributed by atoms with Gasteiger partial charge in [-0.25, -0.2) is 9.37 Å². The summed E-state index contributed by atoms with van der Waals surface area (Å²) in [5, 5.41) is 0. The molecule has 1 aliphatic rings. The molecule has 1 aromatic rings. The van der Waals surface area contributed by atoms with Crippen molar-refractivity contribution in [1.82, 2.24) is 4.98 Å². The van der Waals surface area contributed by atoms with Crippen LogP contribution in [0.3, 0.4) is 0 Å². The third-order valence-corrected chi connectivity index (χ3v) is 3.68. The van der Waals surface area contributed by atoms with Gasteiger partial charge in [0.05, 0.1) is 17.8 Å². The van der Waals surface area contributed by atoms with Gasteiger partial charge in [0.25, 0.3) is 0 Å². The summed E-state index contributed by atoms with van der Waals surface area (Å²) in [5.74, 6) is -0.544. The Morgan fingerprint density at radius 1 is 1.26 bits per heavy atom. The first-order valence-electron chi connectivity index (χ1n) is 6.41. The van der Waals surface area contributed by atoms with Gasteiger partial charge < -0.3 is 14.0 Å². The molecule has 19 heavy (non-hydrogen) atoms. The van der Waals surface area contributed by atoms with Gasteiger partial charge >= 0.3 is 7.12 Å². The highest BCUT2D eigenvalue weighted by molar-refractivity contribution is 6.62. The number of pyridine rings is 1. The summed E-state index contributed by atoms with van der Waals surface area (Å²) < 4.78 is 31.0. The zero-order valence-corrected chi connectivity index (χ0v) is 12.0. The lowest BCUT2D eigenvalue weighted by atomic mass is 9.79. The maximum atomic E-state index is 14.3. The SMILES string of the molecule is CCOc1nccc(B2OC(C)(C)C(C)(C)O2)c1F. The van der Waals surface area contributed by atoms with Gasteiger partial charge in [0.2, 0.25) is 5.88 Å². The fourth-order valence-corrected chi connectivity index (χ4v) is 1.83. The summed E-state index contributed by atoms with van der Waals surface area (Å²) in [4.78, 5) is 3.86. The molecule has 0 aliphatic carbocycles. The van der Waals surface area contributed by atoms with Crippen LogP contribution in [0.15, 0.2) is 12.3 Å². The first-order chi connectivity index (χ1) is 8.78. The molecule has 1 aromatic heterocycles. The summed E-state index contributed by atoms with van der Waals surface area (Å²) in [7, 11) is -0.743. The molecule has 2 rings (SSSR count). The summed E-state index contributed by atoms with van der Waals surface area (Å²) in [6, 6.07) is 1.56. The highest BCUT2D eigenvalue weighted by atomic mass is 19.1. The Hall–Kier alpha value is -1.14. The van der Waals surface area contributed by atoms with E-state index in [4.69, 9.17) is 14.0 Å². The number of hydrogen-bond donors (Lipinski definition) is 0. The minimum atomic E-state index is -0.743. The number of aromatic nitrogens is 1. The van der Waals surface area contributed by atoms with E-state index in [1.54, 1.807) is 13.0 Å². The Morgan fingerprint density at radius 2 is 1.84 bits per heavy atom. The maximum Gasteiger partial charge on any atom is 0.498 e. The van der Waals surface area contributed by atoms with Crippen LogP contribution in [-0.4, -0.2) is 29.9 Å². The largest absolute Gasteiger partial charge is 0.498 e. The normalized spacial score (nSPS) is 20.6. The summed E-state index contributed by atoms with van der Waals surface area (Å²) >= 11 is 0. The van der Waals surface area contributed by atoms with Gasteiger partial charge in [-0.1, -0.05) is 0 Å². The standard InChI is InChI=1S/C13H19BFNO3/c1-6-17-11-10(15)9(7-8-16-11)14-18-12(2,3)13(4,5)19-14/h7-8H,6H2,1-5H3. The van der Waals surface area contributed by atoms with E-state index in [0.29, 0.717) is 12.1 Å². The molecule has 0 bridgehead atoms. The second kappa shape index (κ2) is 4.76. The van der Waals surface area contributed by atoms with Crippen LogP contribution in [0.4, 0.5) is 4.39 Å². The molecule has 1 aliphatic heterocycles. The summed E-state index contributed by atoms with van der Waals surface area (Å²) in [6.45, 7) is 9.84. The number of ether oxygens (including phenoxy) is 1. The van der Waals surface area contributed by atoms with Crippen molar-refractivity contribution in [3.05, 3.63) is 18.1 Å². The summed E-state index contributed by atoms with van der Waals surface area (Å²) in [5.41, 5.74) is -0.685. The van der Waals surface area contributed by atoms with Gasteiger partial charge in [0.1, 0.15) is 0 Å². The molecule has 1 fully saturated rings. The molecule has 0 amide bonds. The van der Waals surface area contributed by atoms with E-state index in [1.807, 2.05) is 27.7 Å². The van der Waals surface area contributed by atoms with Gasteiger partial charge in [-0.3, -0.25) is 0 Å². The molecule has 0 saturated carbocycles. The van der Waals surface area contributed by atoms with Crippen molar-refractivity contribution in [3.8, 4) is 5.88 Å². The van der Waals surface area contributed by atoms with E-state index in [0.717, 1.165) is 0 Å². The first-order valence-corrected chi connectivity index (χ1v) is 6.41. The van der Waals surface area contributed by atoms with E-state index >= 15 is 0 Å². The Balaban J connectivity index is 2.32. The summed E-state index contributed by atoms with van der Waals surface area (Å²) in [6.07, 6.45) is 1.49. The zero-order chi connectivity index (χ0) is 14.3. The topological polar surface area (TPSA) is 40.6 Å². The molecule has 6 heteroatoms. The molecular formula is C13H19BFNO3. The predicted molar refractivity (Wildman–Crippen MR) is 71.1 cm³/mol. The third kappa shape index (κ3) is 2.47. The molecular weight excluding hydrogens is 248 g/mol. The molecule has 0 radical (unpaired) electrons. The molecule has 2 heterocycles. The van der Waals surface area contributed by atoms with Crippen LogP contribution in [0.25, 0.3) is 0 Å². The lowest BCUT2D eigenvalue weighted by molar-refractivity contribution is 0.00578. The maximum absolute atomic E-state index is 14.3. The molecule has 104 valence electrons. The average molecular weight is 267 g/mol. The van der Waals surface area contributed by atoms with Crippen LogP contribution in [0.1, 0.15) is 34.6 Å². The van der Waals surface area contributed by atoms with E-state index < -0.39 is 24.1 Å². The van der Waals surface area contributed by atoms with Crippen molar-refractivity contribution < 1.29 is 18.4 Å². The van der Waals surface area contributed by atoms with Crippen LogP contribution in [0.2, 0.25) is 0 Å². The van der Waals surface area contributed by atoms with E-state index in [9.17, 15) is 4.39 Å². The molecule has 0 unspecified atom stereocenters. The fraction of sp³-hybridized carbons (Fsp3) is 0.615. The minimum absolute atomic E-state index is 0.0188. The monoisotopic (exact) mass is 267 g/mol. The Labute approximate surface area is 113 Å². The second-order valence-corrected chi connectivity index (χ2v) is 5.54. The van der Waals surface area contributed by atoms with Crippen molar-refractivity contribution in [1.29, 1.82) is 0 Å². The quantitative estimate of drug-likeness (QED) is 0.784. The second-order valence-electron chi connectivity index (χ2n) is 5.54. The molecule has 4 nitrogen and oxygen atoms in total. The van der Waals surface area contributed by atoms with Gasteiger partial charge in [-0.15, -0.1) is 0 Å². The van der Waals surface area contributed by atoms with Crippen molar-refractivity contribution in [2.24, 2.45) is 0 Å². The number of nitrogens with zero attached hydrogens (tertiary/aromatic N) is 1. The van der Waals surface area contributed by atoms with Crippen molar-refractivity contribution in [2.75, 3.05) is 6.61 Å².